The van der Waals surface area contributed by atoms with Gasteiger partial charge in [0.1, 0.15) is 0 Å². The molecule has 2 aromatic carbocycles. The molecule has 8 heteroatoms. The van der Waals surface area contributed by atoms with Crippen molar-refractivity contribution in [2.75, 3.05) is 18.4 Å². The maximum absolute atomic E-state index is 12.4. The first-order chi connectivity index (χ1) is 13.5. The normalized spacial score (nSPS) is 11.0. The molecule has 3 rings (SSSR count). The Labute approximate surface area is 173 Å². The van der Waals surface area contributed by atoms with E-state index in [9.17, 15) is 4.79 Å². The Morgan fingerprint density at radius 2 is 1.89 bits per heavy atom. The number of carbonyl (C=O) groups is 1. The van der Waals surface area contributed by atoms with Crippen LogP contribution in [0.3, 0.4) is 0 Å². The molecule has 1 heterocycles. The summed E-state index contributed by atoms with van der Waals surface area (Å²) in [4.78, 5) is 18.7. The number of carbonyl (C=O) groups excluding carboxylic acids is 1. The Balaban J connectivity index is 1.64. The highest BCUT2D eigenvalue weighted by molar-refractivity contribution is 6.39. The number of aromatic nitrogens is 2. The van der Waals surface area contributed by atoms with Crippen LogP contribution < -0.4 is 5.32 Å². The van der Waals surface area contributed by atoms with E-state index in [1.807, 2.05) is 43.0 Å². The Hall–Kier alpha value is -2.41. The van der Waals surface area contributed by atoms with E-state index < -0.39 is 0 Å². The van der Waals surface area contributed by atoms with Crippen molar-refractivity contribution in [1.82, 2.24) is 15.0 Å². The molecule has 0 atom stereocenters. The molecule has 3 aromatic rings. The lowest BCUT2D eigenvalue weighted by atomic mass is 10.1. The predicted molar refractivity (Wildman–Crippen MR) is 111 cm³/mol. The smallest absolute Gasteiger partial charge is 0.241 e. The number of benzene rings is 2. The van der Waals surface area contributed by atoms with E-state index in [2.05, 4.69) is 15.5 Å². The molecule has 6 nitrogen and oxygen atoms in total. The Morgan fingerprint density at radius 3 is 2.57 bits per heavy atom. The first-order valence-electron chi connectivity index (χ1n) is 8.82. The lowest BCUT2D eigenvalue weighted by molar-refractivity contribution is -0.117. The minimum Gasteiger partial charge on any atom is -0.338 e. The van der Waals surface area contributed by atoms with Gasteiger partial charge in [-0.3, -0.25) is 9.69 Å². The Bertz CT molecular complexity index is 954. The Morgan fingerprint density at radius 1 is 1.18 bits per heavy atom. The highest BCUT2D eigenvalue weighted by Gasteiger charge is 2.16. The van der Waals surface area contributed by atoms with Gasteiger partial charge in [0.2, 0.25) is 17.6 Å². The number of halogens is 2. The summed E-state index contributed by atoms with van der Waals surface area (Å²) in [6.45, 7) is 5.09. The summed E-state index contributed by atoms with van der Waals surface area (Å²) in [5.74, 6) is 0.749. The van der Waals surface area contributed by atoms with Crippen LogP contribution >= 0.6 is 23.2 Å². The molecule has 1 amide bonds. The van der Waals surface area contributed by atoms with Crippen LogP contribution in [0.25, 0.3) is 11.4 Å². The predicted octanol–water partition coefficient (Wildman–Crippen LogP) is 4.81. The molecule has 0 fully saturated rings. The maximum Gasteiger partial charge on any atom is 0.241 e. The molecular formula is C20H20Cl2N4O2. The second kappa shape index (κ2) is 9.19. The van der Waals surface area contributed by atoms with Crippen molar-refractivity contribution in [3.05, 3.63) is 64.0 Å². The number of likely N-dealkylation sites (N-methyl/N-ethyl adjacent to an activating group) is 1. The van der Waals surface area contributed by atoms with Crippen molar-refractivity contribution in [2.45, 2.75) is 20.4 Å². The minimum absolute atomic E-state index is 0.139. The van der Waals surface area contributed by atoms with Crippen LogP contribution in [0.5, 0.6) is 0 Å². The zero-order chi connectivity index (χ0) is 20.1. The van der Waals surface area contributed by atoms with E-state index in [4.69, 9.17) is 27.7 Å². The van der Waals surface area contributed by atoms with Crippen LogP contribution in [-0.4, -0.2) is 34.0 Å². The van der Waals surface area contributed by atoms with Crippen LogP contribution in [-0.2, 0) is 11.3 Å². The number of para-hydroxylation sites is 1. The monoisotopic (exact) mass is 418 g/mol. The maximum atomic E-state index is 12.4. The first-order valence-corrected chi connectivity index (χ1v) is 9.57. The molecule has 0 aliphatic carbocycles. The largest absolute Gasteiger partial charge is 0.338 e. The summed E-state index contributed by atoms with van der Waals surface area (Å²) >= 11 is 12.2. The Kier molecular flexibility index (Phi) is 6.67. The first kappa shape index (κ1) is 20.3. The molecule has 0 aliphatic rings. The third-order valence-corrected chi connectivity index (χ3v) is 4.77. The summed E-state index contributed by atoms with van der Waals surface area (Å²) < 4.78 is 5.35. The van der Waals surface area contributed by atoms with E-state index in [-0.39, 0.29) is 12.5 Å². The molecule has 0 aliphatic heterocycles. The summed E-state index contributed by atoms with van der Waals surface area (Å²) in [7, 11) is 0. The van der Waals surface area contributed by atoms with Gasteiger partial charge in [-0.1, -0.05) is 65.1 Å². The van der Waals surface area contributed by atoms with Crippen LogP contribution in [0.2, 0.25) is 10.0 Å². The number of nitrogens with one attached hydrogen (secondary N) is 1. The molecule has 28 heavy (non-hydrogen) atoms. The quantitative estimate of drug-likeness (QED) is 0.595. The molecule has 0 saturated carbocycles. The van der Waals surface area contributed by atoms with Gasteiger partial charge in [0, 0.05) is 5.56 Å². The SMILES string of the molecule is CCN(CC(=O)Nc1c(Cl)cccc1Cl)Cc1nc(-c2cccc(C)c2)no1. The van der Waals surface area contributed by atoms with Gasteiger partial charge in [-0.25, -0.2) is 0 Å². The van der Waals surface area contributed by atoms with E-state index in [1.54, 1.807) is 18.2 Å². The van der Waals surface area contributed by atoms with Gasteiger partial charge in [0.05, 0.1) is 28.8 Å². The van der Waals surface area contributed by atoms with Crippen LogP contribution in [0, 0.1) is 6.92 Å². The van der Waals surface area contributed by atoms with E-state index >= 15 is 0 Å². The highest BCUT2D eigenvalue weighted by Crippen LogP contribution is 2.29. The van der Waals surface area contributed by atoms with Crippen molar-refractivity contribution in [3.63, 3.8) is 0 Å². The molecule has 0 spiro atoms. The summed E-state index contributed by atoms with van der Waals surface area (Å²) in [6.07, 6.45) is 0. The third-order valence-electron chi connectivity index (χ3n) is 4.14. The van der Waals surface area contributed by atoms with Crippen molar-refractivity contribution < 1.29 is 9.32 Å². The van der Waals surface area contributed by atoms with E-state index in [1.165, 1.54) is 0 Å². The fourth-order valence-electron chi connectivity index (χ4n) is 2.69. The lowest BCUT2D eigenvalue weighted by Crippen LogP contribution is -2.33. The second-order valence-electron chi connectivity index (χ2n) is 6.33. The fourth-order valence-corrected chi connectivity index (χ4v) is 3.18. The molecular weight excluding hydrogens is 399 g/mol. The topological polar surface area (TPSA) is 71.3 Å². The molecule has 0 saturated heterocycles. The number of amides is 1. The van der Waals surface area contributed by atoms with Gasteiger partial charge >= 0.3 is 0 Å². The third kappa shape index (κ3) is 5.10. The summed E-state index contributed by atoms with van der Waals surface area (Å²) in [5.41, 5.74) is 2.42. The van der Waals surface area contributed by atoms with Crippen molar-refractivity contribution in [1.29, 1.82) is 0 Å². The zero-order valence-electron chi connectivity index (χ0n) is 15.6. The summed E-state index contributed by atoms with van der Waals surface area (Å²) in [5, 5.41) is 7.58. The molecule has 0 radical (unpaired) electrons. The van der Waals surface area contributed by atoms with E-state index in [0.29, 0.717) is 40.5 Å². The van der Waals surface area contributed by atoms with Crippen LogP contribution in [0.1, 0.15) is 18.4 Å². The van der Waals surface area contributed by atoms with E-state index in [0.717, 1.165) is 11.1 Å². The number of hydrogen-bond acceptors (Lipinski definition) is 5. The number of anilines is 1. The molecule has 0 bridgehead atoms. The zero-order valence-corrected chi connectivity index (χ0v) is 17.1. The standard InChI is InChI=1S/C20H20Cl2N4O2/c1-3-26(11-17(27)23-19-15(21)8-5-9-16(19)22)12-18-24-20(25-28-18)14-7-4-6-13(2)10-14/h4-10H,3,11-12H2,1-2H3,(H,23,27). The average Bonchev–Trinajstić information content (AvgIpc) is 3.13. The number of aryl methyl sites for hydroxylation is 1. The highest BCUT2D eigenvalue weighted by atomic mass is 35.5. The molecule has 0 unspecified atom stereocenters. The second-order valence-corrected chi connectivity index (χ2v) is 7.14. The van der Waals surface area contributed by atoms with Crippen LogP contribution in [0.15, 0.2) is 47.0 Å². The van der Waals surface area contributed by atoms with Gasteiger partial charge in [-0.05, 0) is 31.7 Å². The average molecular weight is 419 g/mol. The van der Waals surface area contributed by atoms with Gasteiger partial charge in [0.25, 0.3) is 0 Å². The van der Waals surface area contributed by atoms with Crippen molar-refractivity contribution in [2.24, 2.45) is 0 Å². The van der Waals surface area contributed by atoms with Crippen molar-refractivity contribution >= 4 is 34.8 Å². The fraction of sp³-hybridized carbons (Fsp3) is 0.250. The lowest BCUT2D eigenvalue weighted by Gasteiger charge is -2.18. The van der Waals surface area contributed by atoms with Gasteiger partial charge in [-0.15, -0.1) is 0 Å². The van der Waals surface area contributed by atoms with Gasteiger partial charge < -0.3 is 9.84 Å². The number of hydrogen-bond donors (Lipinski definition) is 1. The molecule has 1 N–H and O–H groups in total. The van der Waals surface area contributed by atoms with Crippen molar-refractivity contribution in [3.8, 4) is 11.4 Å². The number of rotatable bonds is 7. The molecule has 1 aromatic heterocycles. The number of nitrogens with zero attached hydrogens (tertiary/aromatic N) is 3. The summed E-state index contributed by atoms with van der Waals surface area (Å²) in [6, 6.07) is 12.9. The van der Waals surface area contributed by atoms with Gasteiger partial charge in [0.15, 0.2) is 0 Å². The van der Waals surface area contributed by atoms with Gasteiger partial charge in [-0.2, -0.15) is 4.98 Å². The van der Waals surface area contributed by atoms with Crippen LogP contribution in [0.4, 0.5) is 5.69 Å². The minimum atomic E-state index is -0.227. The molecule has 146 valence electrons.